The van der Waals surface area contributed by atoms with Crippen molar-refractivity contribution in [2.75, 3.05) is 30.8 Å². The minimum Gasteiger partial charge on any atom is -0.485 e. The third-order valence-electron chi connectivity index (χ3n) is 6.54. The van der Waals surface area contributed by atoms with Crippen molar-refractivity contribution in [2.45, 2.75) is 76.5 Å². The second-order valence-corrected chi connectivity index (χ2v) is 11.0. The fourth-order valence-corrected chi connectivity index (χ4v) is 4.45. The molecule has 3 amide bonds. The van der Waals surface area contributed by atoms with Gasteiger partial charge in [-0.05, 0) is 64.7 Å². The van der Waals surface area contributed by atoms with Crippen LogP contribution in [0.25, 0.3) is 0 Å². The predicted molar refractivity (Wildman–Crippen MR) is 144 cm³/mol. The normalized spacial score (nSPS) is 19.5. The Morgan fingerprint density at radius 3 is 2.32 bits per heavy atom. The molecular formula is C27H35F3N6O5. The highest BCUT2D eigenvalue weighted by atomic mass is 19.4. The molecule has 1 aromatic carbocycles. The van der Waals surface area contributed by atoms with Gasteiger partial charge in [-0.1, -0.05) is 0 Å². The first kappa shape index (κ1) is 30.0. The second-order valence-electron chi connectivity index (χ2n) is 11.0. The third-order valence-corrected chi connectivity index (χ3v) is 6.54. The third kappa shape index (κ3) is 8.51. The van der Waals surface area contributed by atoms with Gasteiger partial charge in [0.1, 0.15) is 35.7 Å². The van der Waals surface area contributed by atoms with Crippen molar-refractivity contribution < 1.29 is 37.0 Å². The van der Waals surface area contributed by atoms with E-state index in [0.29, 0.717) is 37.4 Å². The van der Waals surface area contributed by atoms with Gasteiger partial charge in [-0.2, -0.15) is 13.2 Å². The quantitative estimate of drug-likeness (QED) is 0.416. The van der Waals surface area contributed by atoms with Gasteiger partial charge in [0, 0.05) is 19.2 Å². The summed E-state index contributed by atoms with van der Waals surface area (Å²) in [5, 5.41) is 8.27. The summed E-state index contributed by atoms with van der Waals surface area (Å²) < 4.78 is 57.3. The zero-order chi connectivity index (χ0) is 29.8. The van der Waals surface area contributed by atoms with E-state index < -0.39 is 35.6 Å². The Bertz CT molecular complexity index is 1220. The molecular weight excluding hydrogens is 545 g/mol. The molecule has 2 aromatic rings. The van der Waals surface area contributed by atoms with Gasteiger partial charge in [-0.15, -0.1) is 0 Å². The number of anilines is 2. The van der Waals surface area contributed by atoms with Gasteiger partial charge in [0.15, 0.2) is 0 Å². The van der Waals surface area contributed by atoms with Crippen LogP contribution in [0, 0.1) is 0 Å². The number of aromatic nitrogens is 2. The van der Waals surface area contributed by atoms with E-state index in [1.165, 1.54) is 17.3 Å². The fourth-order valence-electron chi connectivity index (χ4n) is 4.45. The van der Waals surface area contributed by atoms with Crippen LogP contribution in [0.2, 0.25) is 0 Å². The number of alkyl halides is 3. The molecule has 41 heavy (non-hydrogen) atoms. The number of amides is 3. The van der Waals surface area contributed by atoms with Crippen LogP contribution < -0.4 is 25.4 Å². The first-order valence-corrected chi connectivity index (χ1v) is 13.4. The smallest absolute Gasteiger partial charge is 0.416 e. The van der Waals surface area contributed by atoms with E-state index in [-0.39, 0.29) is 36.7 Å². The maximum Gasteiger partial charge on any atom is 0.416 e. The summed E-state index contributed by atoms with van der Waals surface area (Å²) in [4.78, 5) is 34.6. The molecule has 1 aromatic heterocycles. The number of benzene rings is 1. The maximum absolute atomic E-state index is 13.4. The number of halogens is 3. The standard InChI is InChI=1S/C27H35F3N6O5/c1-26(2,3)41-25(38)36-13-19(14-36)39-21-10-5-16(27(28,29)30)11-20(21)35-24(37)34-17-6-8-18(9-7-17)40-23-12-22(31-4)32-15-33-23/h5,10-12,15,17-19H,6-9,13-14H2,1-4H3,(H,31,32,33)(H2,34,35,37). The highest BCUT2D eigenvalue weighted by molar-refractivity contribution is 5.91. The summed E-state index contributed by atoms with van der Waals surface area (Å²) in [6.45, 7) is 5.67. The molecule has 0 bridgehead atoms. The Morgan fingerprint density at radius 2 is 1.68 bits per heavy atom. The fraction of sp³-hybridized carbons (Fsp3) is 0.556. The topological polar surface area (TPSA) is 127 Å². The van der Waals surface area contributed by atoms with Crippen molar-refractivity contribution in [2.24, 2.45) is 0 Å². The van der Waals surface area contributed by atoms with Crippen LogP contribution in [0.3, 0.4) is 0 Å². The summed E-state index contributed by atoms with van der Waals surface area (Å²) in [6.07, 6.45) is -1.67. The number of carbonyl (C=O) groups excluding carboxylic acids is 2. The van der Waals surface area contributed by atoms with E-state index in [4.69, 9.17) is 14.2 Å². The van der Waals surface area contributed by atoms with E-state index in [1.54, 1.807) is 33.9 Å². The van der Waals surface area contributed by atoms with Crippen molar-refractivity contribution in [3.05, 3.63) is 36.2 Å². The van der Waals surface area contributed by atoms with Gasteiger partial charge >= 0.3 is 18.3 Å². The van der Waals surface area contributed by atoms with Crippen LogP contribution in [0.5, 0.6) is 11.6 Å². The van der Waals surface area contributed by atoms with Gasteiger partial charge in [-0.3, -0.25) is 0 Å². The van der Waals surface area contributed by atoms with Gasteiger partial charge < -0.3 is 35.1 Å². The summed E-state index contributed by atoms with van der Waals surface area (Å²) in [5.41, 5.74) is -1.69. The van der Waals surface area contributed by atoms with Gasteiger partial charge in [0.25, 0.3) is 0 Å². The molecule has 0 unspecified atom stereocenters. The molecule has 224 valence electrons. The molecule has 2 fully saturated rings. The Morgan fingerprint density at radius 1 is 0.976 bits per heavy atom. The van der Waals surface area contributed by atoms with E-state index in [2.05, 4.69) is 25.9 Å². The lowest BCUT2D eigenvalue weighted by atomic mass is 9.93. The molecule has 1 aliphatic heterocycles. The van der Waals surface area contributed by atoms with Crippen LogP contribution in [-0.4, -0.2) is 71.0 Å². The van der Waals surface area contributed by atoms with Crippen LogP contribution in [-0.2, 0) is 10.9 Å². The number of hydrogen-bond acceptors (Lipinski definition) is 8. The largest absolute Gasteiger partial charge is 0.485 e. The molecule has 14 heteroatoms. The summed E-state index contributed by atoms with van der Waals surface area (Å²) in [6, 6.07) is 3.77. The molecule has 11 nitrogen and oxygen atoms in total. The minimum absolute atomic E-state index is 0.0740. The van der Waals surface area contributed by atoms with Crippen molar-refractivity contribution in [1.29, 1.82) is 0 Å². The van der Waals surface area contributed by atoms with Crippen LogP contribution in [0.15, 0.2) is 30.6 Å². The molecule has 4 rings (SSSR count). The highest BCUT2D eigenvalue weighted by Crippen LogP contribution is 2.36. The van der Waals surface area contributed by atoms with Gasteiger partial charge in [0.05, 0.1) is 24.3 Å². The first-order valence-electron chi connectivity index (χ1n) is 13.4. The lowest BCUT2D eigenvalue weighted by Crippen LogP contribution is -2.57. The maximum atomic E-state index is 13.4. The Balaban J connectivity index is 1.32. The number of likely N-dealkylation sites (tertiary alicyclic amines) is 1. The van der Waals surface area contributed by atoms with Gasteiger partial charge in [-0.25, -0.2) is 19.6 Å². The van der Waals surface area contributed by atoms with E-state index in [1.807, 2.05) is 0 Å². The molecule has 1 aliphatic carbocycles. The van der Waals surface area contributed by atoms with E-state index in [0.717, 1.165) is 12.1 Å². The molecule has 3 N–H and O–H groups in total. The lowest BCUT2D eigenvalue weighted by Gasteiger charge is -2.39. The SMILES string of the molecule is CNc1cc(OC2CCC(NC(=O)Nc3cc(C(F)(F)F)ccc3OC3CN(C(=O)OC(C)(C)C)C3)CC2)ncn1. The molecule has 0 radical (unpaired) electrons. The van der Waals surface area contributed by atoms with Crippen LogP contribution in [0.4, 0.5) is 34.3 Å². The molecule has 2 aliphatic rings. The second kappa shape index (κ2) is 12.3. The number of nitrogens with one attached hydrogen (secondary N) is 3. The summed E-state index contributed by atoms with van der Waals surface area (Å²) in [5.74, 6) is 1.17. The average Bonchev–Trinajstić information content (AvgIpc) is 2.86. The molecule has 0 atom stereocenters. The van der Waals surface area contributed by atoms with Gasteiger partial charge in [0.2, 0.25) is 5.88 Å². The highest BCUT2D eigenvalue weighted by Gasteiger charge is 2.36. The monoisotopic (exact) mass is 580 g/mol. The number of carbonyl (C=O) groups is 2. The lowest BCUT2D eigenvalue weighted by molar-refractivity contribution is -0.137. The predicted octanol–water partition coefficient (Wildman–Crippen LogP) is 5.05. The summed E-state index contributed by atoms with van der Waals surface area (Å²) in [7, 11) is 1.75. The number of nitrogens with zero attached hydrogens (tertiary/aromatic N) is 3. The Hall–Kier alpha value is -3.97. The number of ether oxygens (including phenoxy) is 3. The number of hydrogen-bond donors (Lipinski definition) is 3. The van der Waals surface area contributed by atoms with Crippen molar-refractivity contribution >= 4 is 23.6 Å². The van der Waals surface area contributed by atoms with Crippen molar-refractivity contribution in [1.82, 2.24) is 20.2 Å². The van der Waals surface area contributed by atoms with E-state index in [9.17, 15) is 22.8 Å². The van der Waals surface area contributed by atoms with Crippen molar-refractivity contribution in [3.63, 3.8) is 0 Å². The molecule has 2 heterocycles. The minimum atomic E-state index is -4.61. The van der Waals surface area contributed by atoms with Crippen LogP contribution in [0.1, 0.15) is 52.0 Å². The zero-order valence-corrected chi connectivity index (χ0v) is 23.4. The molecule has 1 saturated carbocycles. The zero-order valence-electron chi connectivity index (χ0n) is 23.4. The number of rotatable bonds is 7. The van der Waals surface area contributed by atoms with E-state index >= 15 is 0 Å². The summed E-state index contributed by atoms with van der Waals surface area (Å²) >= 11 is 0. The van der Waals surface area contributed by atoms with Crippen molar-refractivity contribution in [3.8, 4) is 11.6 Å². The average molecular weight is 581 g/mol. The number of urea groups is 1. The Labute approximate surface area is 236 Å². The first-order chi connectivity index (χ1) is 19.3. The van der Waals surface area contributed by atoms with Crippen LogP contribution >= 0.6 is 0 Å². The molecule has 1 saturated heterocycles. The molecule has 0 spiro atoms. The Kier molecular flexibility index (Phi) is 8.98.